The van der Waals surface area contributed by atoms with Gasteiger partial charge in [-0.3, -0.25) is 0 Å². The van der Waals surface area contributed by atoms with Crippen LogP contribution in [0.1, 0.15) is 39.3 Å². The molecule has 0 bridgehead atoms. The van der Waals surface area contributed by atoms with E-state index in [4.69, 9.17) is 15.6 Å². The molecule has 7 nitrogen and oxygen atoms in total. The van der Waals surface area contributed by atoms with Crippen LogP contribution in [0.25, 0.3) is 0 Å². The summed E-state index contributed by atoms with van der Waals surface area (Å²) < 4.78 is 38.5. The van der Waals surface area contributed by atoms with Gasteiger partial charge in [0, 0.05) is 16.9 Å². The van der Waals surface area contributed by atoms with E-state index in [-0.39, 0.29) is 6.61 Å². The number of carbonyl (C=O) groups is 1. The lowest BCUT2D eigenvalue weighted by atomic mass is 10.1. The number of rotatable bonds is 8. The number of hydrogen-bond acceptors (Lipinski definition) is 6. The molecule has 1 amide bonds. The molecule has 1 aromatic carbocycles. The third-order valence-corrected chi connectivity index (χ3v) is 4.87. The molecule has 0 aliphatic rings. The van der Waals surface area contributed by atoms with Crippen LogP contribution in [0.2, 0.25) is 0 Å². The molecule has 1 rings (SSSR count). The van der Waals surface area contributed by atoms with E-state index in [1.54, 1.807) is 6.92 Å². The van der Waals surface area contributed by atoms with E-state index >= 15 is 0 Å². The Morgan fingerprint density at radius 1 is 1.48 bits per heavy atom. The minimum Gasteiger partial charge on any atom is -0.598 e. The second-order valence-corrected chi connectivity index (χ2v) is 8.45. The third-order valence-electron chi connectivity index (χ3n) is 3.19. The Morgan fingerprint density at radius 2 is 2.12 bits per heavy atom. The molecule has 0 saturated carbocycles. The van der Waals surface area contributed by atoms with Crippen LogP contribution >= 0.6 is 0 Å². The predicted molar refractivity (Wildman–Crippen MR) is 92.9 cm³/mol. The van der Waals surface area contributed by atoms with E-state index in [2.05, 4.69) is 9.46 Å². The Kier molecular flexibility index (Phi) is 7.94. The minimum atomic E-state index is -1.36. The first-order valence-electron chi connectivity index (χ1n) is 7.71. The lowest BCUT2D eigenvalue weighted by Gasteiger charge is -2.27. The molecule has 25 heavy (non-hydrogen) atoms. The first kappa shape index (κ1) is 21.5. The summed E-state index contributed by atoms with van der Waals surface area (Å²) >= 11 is -1.36. The molecule has 0 spiro atoms. The monoisotopic (exact) mass is 376 g/mol. The van der Waals surface area contributed by atoms with Crippen LogP contribution in [0.15, 0.2) is 18.2 Å². The van der Waals surface area contributed by atoms with E-state index < -0.39 is 46.8 Å². The normalized spacial score (nSPS) is 15.3. The predicted octanol–water partition coefficient (Wildman–Crippen LogP) is 1.77. The highest BCUT2D eigenvalue weighted by molar-refractivity contribution is 7.90. The van der Waals surface area contributed by atoms with Gasteiger partial charge in [-0.1, -0.05) is 0 Å². The molecule has 4 N–H and O–H groups in total. The van der Waals surface area contributed by atoms with Gasteiger partial charge in [-0.25, -0.2) is 9.18 Å². The molecule has 3 atom stereocenters. The smallest absolute Gasteiger partial charge is 0.404 e. The van der Waals surface area contributed by atoms with E-state index in [1.165, 1.54) is 18.2 Å². The molecule has 0 radical (unpaired) electrons. The second kappa shape index (κ2) is 9.23. The molecule has 0 aliphatic carbocycles. The van der Waals surface area contributed by atoms with Crippen LogP contribution in [0.3, 0.4) is 0 Å². The van der Waals surface area contributed by atoms with Gasteiger partial charge in [-0.05, 0) is 45.9 Å². The maximum Gasteiger partial charge on any atom is 0.404 e. The minimum absolute atomic E-state index is 0.160. The largest absolute Gasteiger partial charge is 0.598 e. The average molecular weight is 376 g/mol. The summed E-state index contributed by atoms with van der Waals surface area (Å²) in [5, 5.41) is 9.16. The number of primary amides is 1. The van der Waals surface area contributed by atoms with Gasteiger partial charge in [0.15, 0.2) is 6.10 Å². The fourth-order valence-electron chi connectivity index (χ4n) is 1.86. The maximum absolute atomic E-state index is 13.6. The zero-order valence-corrected chi connectivity index (χ0v) is 15.6. The molecular formula is C16H25FN2O5S. The van der Waals surface area contributed by atoms with Gasteiger partial charge in [0.2, 0.25) is 0 Å². The Morgan fingerprint density at radius 3 is 2.64 bits per heavy atom. The number of carbonyl (C=O) groups excluding carboxylic acids is 1. The topological polar surface area (TPSA) is 117 Å². The maximum atomic E-state index is 13.6. The number of ether oxygens (including phenoxy) is 2. The zero-order valence-electron chi connectivity index (χ0n) is 14.7. The highest BCUT2D eigenvalue weighted by Crippen LogP contribution is 2.28. The molecular weight excluding hydrogens is 351 g/mol. The first-order chi connectivity index (χ1) is 11.5. The fraction of sp³-hybridized carbons (Fsp3) is 0.562. The Balaban J connectivity index is 2.89. The van der Waals surface area contributed by atoms with Gasteiger partial charge in [-0.15, -0.1) is 4.72 Å². The van der Waals surface area contributed by atoms with Crippen LogP contribution in [-0.4, -0.2) is 39.8 Å². The molecule has 0 heterocycles. The van der Waals surface area contributed by atoms with E-state index in [9.17, 15) is 13.7 Å². The van der Waals surface area contributed by atoms with Gasteiger partial charge >= 0.3 is 6.09 Å². The van der Waals surface area contributed by atoms with Gasteiger partial charge in [-0.2, -0.15) is 0 Å². The Bertz CT molecular complexity index is 582. The van der Waals surface area contributed by atoms with Crippen LogP contribution < -0.4 is 15.2 Å². The van der Waals surface area contributed by atoms with E-state index in [1.807, 2.05) is 20.8 Å². The molecule has 1 aromatic rings. The third kappa shape index (κ3) is 7.07. The lowest BCUT2D eigenvalue weighted by Crippen LogP contribution is -2.40. The number of halogens is 1. The number of benzene rings is 1. The van der Waals surface area contributed by atoms with Crippen molar-refractivity contribution in [3.05, 3.63) is 29.6 Å². The average Bonchev–Trinajstić information content (AvgIpc) is 2.50. The van der Waals surface area contributed by atoms with E-state index in [0.717, 1.165) is 0 Å². The van der Waals surface area contributed by atoms with Crippen molar-refractivity contribution in [2.75, 3.05) is 13.2 Å². The lowest BCUT2D eigenvalue weighted by molar-refractivity contribution is 0.0332. The molecule has 0 aliphatic heterocycles. The number of aliphatic hydroxyl groups is 1. The van der Waals surface area contributed by atoms with Crippen LogP contribution in [0.4, 0.5) is 9.18 Å². The van der Waals surface area contributed by atoms with Crippen molar-refractivity contribution in [2.45, 2.75) is 44.6 Å². The Hall–Kier alpha value is -1.55. The first-order valence-corrected chi connectivity index (χ1v) is 8.86. The van der Waals surface area contributed by atoms with Gasteiger partial charge in [0.25, 0.3) is 0 Å². The van der Waals surface area contributed by atoms with Crippen molar-refractivity contribution in [3.63, 3.8) is 0 Å². The van der Waals surface area contributed by atoms with Crippen molar-refractivity contribution in [1.82, 2.24) is 4.72 Å². The number of nitrogens with one attached hydrogen (secondary N) is 1. The molecule has 142 valence electrons. The van der Waals surface area contributed by atoms with Crippen LogP contribution in [0, 0.1) is 5.82 Å². The molecule has 9 heteroatoms. The summed E-state index contributed by atoms with van der Waals surface area (Å²) in [6.45, 7) is 6.56. The Labute approximate surface area is 150 Å². The summed E-state index contributed by atoms with van der Waals surface area (Å²) in [5.41, 5.74) is 5.36. The molecule has 2 unspecified atom stereocenters. The van der Waals surface area contributed by atoms with Crippen LogP contribution in [0.5, 0.6) is 5.75 Å². The van der Waals surface area contributed by atoms with Gasteiger partial charge in [0.05, 0.1) is 12.6 Å². The number of nitrogens with two attached hydrogens (primary N) is 1. The molecule has 0 saturated heterocycles. The fourth-order valence-corrected chi connectivity index (χ4v) is 2.66. The van der Waals surface area contributed by atoms with Crippen molar-refractivity contribution in [2.24, 2.45) is 5.73 Å². The quantitative estimate of drug-likeness (QED) is 0.595. The zero-order chi connectivity index (χ0) is 19.2. The summed E-state index contributed by atoms with van der Waals surface area (Å²) in [6, 6.07) is 3.45. The number of amides is 1. The van der Waals surface area contributed by atoms with Gasteiger partial charge in [0.1, 0.15) is 22.9 Å². The summed E-state index contributed by atoms with van der Waals surface area (Å²) in [4.78, 5) is 10.8. The highest BCUT2D eigenvalue weighted by atomic mass is 32.2. The van der Waals surface area contributed by atoms with Crippen molar-refractivity contribution < 1.29 is 28.3 Å². The summed E-state index contributed by atoms with van der Waals surface area (Å²) in [6.07, 6.45) is -1.97. The summed E-state index contributed by atoms with van der Waals surface area (Å²) in [5.74, 6) is -0.150. The standard InChI is InChI=1S/C16H25FN2O5S/c1-10(19-25(22)16(2,3)4)13-7-11(17)5-6-14(13)23-9-12(8-20)24-15(18)21/h5-7,10,12,19-20H,8-9H2,1-4H3,(H2,18,21)/t10?,12?,25-/m1/s1. The van der Waals surface area contributed by atoms with Crippen LogP contribution in [-0.2, 0) is 16.1 Å². The highest BCUT2D eigenvalue weighted by Gasteiger charge is 2.29. The van der Waals surface area contributed by atoms with Gasteiger partial charge < -0.3 is 24.9 Å². The number of hydrogen-bond donors (Lipinski definition) is 3. The molecule has 0 aromatic heterocycles. The SMILES string of the molecule is CC(N[S@+]([O-])C(C)(C)C)c1cc(F)ccc1OCC(CO)OC(N)=O. The molecule has 0 fully saturated rings. The second-order valence-electron chi connectivity index (χ2n) is 6.46. The van der Waals surface area contributed by atoms with Crippen molar-refractivity contribution >= 4 is 17.5 Å². The van der Waals surface area contributed by atoms with E-state index in [0.29, 0.717) is 11.3 Å². The van der Waals surface area contributed by atoms with Crippen molar-refractivity contribution in [1.29, 1.82) is 0 Å². The van der Waals surface area contributed by atoms with Crippen molar-refractivity contribution in [3.8, 4) is 5.75 Å². The summed E-state index contributed by atoms with van der Waals surface area (Å²) in [7, 11) is 0. The number of aliphatic hydroxyl groups excluding tert-OH is 1.